The van der Waals surface area contributed by atoms with Crippen LogP contribution >= 0.6 is 0 Å². The monoisotopic (exact) mass is 267 g/mol. The van der Waals surface area contributed by atoms with Gasteiger partial charge in [0.2, 0.25) is 11.8 Å². The normalized spacial score (nSPS) is 14.2. The molecule has 0 saturated heterocycles. The molecule has 0 aromatic carbocycles. The van der Waals surface area contributed by atoms with Crippen molar-refractivity contribution in [2.45, 2.75) is 19.4 Å². The highest BCUT2D eigenvalue weighted by Gasteiger charge is 2.30. The largest absolute Gasteiger partial charge is 0.395 e. The van der Waals surface area contributed by atoms with E-state index in [0.29, 0.717) is 5.82 Å². The third-order valence-electron chi connectivity index (χ3n) is 2.90. The first-order chi connectivity index (χ1) is 9.10. The minimum atomic E-state index is -0.181. The lowest BCUT2D eigenvalue weighted by Crippen LogP contribution is -2.32. The molecule has 0 spiro atoms. The summed E-state index contributed by atoms with van der Waals surface area (Å²) in [4.78, 5) is 24.6. The molecule has 0 atom stereocenters. The van der Waals surface area contributed by atoms with Gasteiger partial charge in [0.25, 0.3) is 0 Å². The fraction of sp³-hybridized carbons (Fsp3) is 0.636. The molecule has 1 aliphatic rings. The molecule has 1 saturated carbocycles. The van der Waals surface area contributed by atoms with Crippen LogP contribution in [0.25, 0.3) is 0 Å². The Labute approximate surface area is 110 Å². The molecule has 19 heavy (non-hydrogen) atoms. The fourth-order valence-corrected chi connectivity index (χ4v) is 1.54. The lowest BCUT2D eigenvalue weighted by Gasteiger charge is -2.14. The van der Waals surface area contributed by atoms with Gasteiger partial charge in [0.1, 0.15) is 6.54 Å². The van der Waals surface area contributed by atoms with E-state index in [9.17, 15) is 9.59 Å². The maximum absolute atomic E-state index is 11.7. The highest BCUT2D eigenvalue weighted by atomic mass is 16.3. The molecule has 0 aliphatic heterocycles. The quantitative estimate of drug-likeness (QED) is 0.694. The molecule has 0 radical (unpaired) electrons. The molecule has 1 aromatic heterocycles. The highest BCUT2D eigenvalue weighted by molar-refractivity contribution is 5.93. The van der Waals surface area contributed by atoms with Crippen molar-refractivity contribution in [2.24, 2.45) is 5.92 Å². The highest BCUT2D eigenvalue weighted by Crippen LogP contribution is 2.29. The molecule has 8 heteroatoms. The molecule has 1 heterocycles. The van der Waals surface area contributed by atoms with Crippen LogP contribution in [0.1, 0.15) is 12.8 Å². The first-order valence-corrected chi connectivity index (χ1v) is 6.16. The van der Waals surface area contributed by atoms with Gasteiger partial charge in [-0.1, -0.05) is 5.21 Å². The van der Waals surface area contributed by atoms with Crippen molar-refractivity contribution in [2.75, 3.05) is 25.5 Å². The number of aliphatic hydroxyl groups excluding tert-OH is 1. The SMILES string of the molecule is CN(CCO)C(=O)Cn1cc(NC(=O)C2CC2)nn1. The number of carbonyl (C=O) groups excluding carboxylic acids is 2. The second-order valence-corrected chi connectivity index (χ2v) is 4.60. The number of nitrogens with one attached hydrogen (secondary N) is 1. The smallest absolute Gasteiger partial charge is 0.244 e. The van der Waals surface area contributed by atoms with Crippen molar-refractivity contribution in [3.05, 3.63) is 6.20 Å². The molecule has 2 rings (SSSR count). The summed E-state index contributed by atoms with van der Waals surface area (Å²) in [6, 6.07) is 0. The van der Waals surface area contributed by atoms with Gasteiger partial charge in [-0.05, 0) is 12.8 Å². The molecule has 8 nitrogen and oxygen atoms in total. The Bertz CT molecular complexity index is 469. The van der Waals surface area contributed by atoms with Gasteiger partial charge >= 0.3 is 0 Å². The van der Waals surface area contributed by atoms with Crippen LogP contribution < -0.4 is 5.32 Å². The minimum Gasteiger partial charge on any atom is -0.395 e. The molecule has 0 unspecified atom stereocenters. The molecule has 1 fully saturated rings. The lowest BCUT2D eigenvalue weighted by molar-refractivity contribution is -0.131. The Balaban J connectivity index is 1.86. The molecular weight excluding hydrogens is 250 g/mol. The molecule has 2 amide bonds. The summed E-state index contributed by atoms with van der Waals surface area (Å²) in [6.07, 6.45) is 3.36. The van der Waals surface area contributed by atoms with E-state index >= 15 is 0 Å². The van der Waals surface area contributed by atoms with Gasteiger partial charge in [-0.25, -0.2) is 4.68 Å². The summed E-state index contributed by atoms with van der Waals surface area (Å²) < 4.78 is 1.36. The predicted molar refractivity (Wildman–Crippen MR) is 66.1 cm³/mol. The average Bonchev–Trinajstić information content (AvgIpc) is 3.13. The maximum Gasteiger partial charge on any atom is 0.244 e. The number of carbonyl (C=O) groups is 2. The lowest BCUT2D eigenvalue weighted by atomic mass is 10.4. The zero-order valence-electron chi connectivity index (χ0n) is 10.7. The van der Waals surface area contributed by atoms with Crippen LogP contribution in [0.15, 0.2) is 6.20 Å². The van der Waals surface area contributed by atoms with Gasteiger partial charge in [0, 0.05) is 19.5 Å². The van der Waals surface area contributed by atoms with Crippen LogP contribution in [0.5, 0.6) is 0 Å². The number of aromatic nitrogens is 3. The Kier molecular flexibility index (Phi) is 4.10. The third-order valence-corrected chi connectivity index (χ3v) is 2.90. The van der Waals surface area contributed by atoms with Gasteiger partial charge in [-0.2, -0.15) is 0 Å². The number of anilines is 1. The summed E-state index contributed by atoms with van der Waals surface area (Å²) in [7, 11) is 1.60. The summed E-state index contributed by atoms with van der Waals surface area (Å²) in [5.41, 5.74) is 0. The molecule has 0 bridgehead atoms. The van der Waals surface area contributed by atoms with Crippen molar-refractivity contribution in [1.82, 2.24) is 19.9 Å². The van der Waals surface area contributed by atoms with Crippen LogP contribution in [0, 0.1) is 5.92 Å². The number of amides is 2. The number of hydrogen-bond donors (Lipinski definition) is 2. The van der Waals surface area contributed by atoms with E-state index in [4.69, 9.17) is 5.11 Å². The molecular formula is C11H17N5O3. The van der Waals surface area contributed by atoms with Gasteiger partial charge in [0.15, 0.2) is 5.82 Å². The van der Waals surface area contributed by atoms with Crippen molar-refractivity contribution in [1.29, 1.82) is 0 Å². The average molecular weight is 267 g/mol. The maximum atomic E-state index is 11.7. The van der Waals surface area contributed by atoms with Crippen LogP contribution in [-0.2, 0) is 16.1 Å². The van der Waals surface area contributed by atoms with E-state index in [1.807, 2.05) is 0 Å². The summed E-state index contributed by atoms with van der Waals surface area (Å²) in [5.74, 6) is 0.228. The van der Waals surface area contributed by atoms with Crippen molar-refractivity contribution < 1.29 is 14.7 Å². The Morgan fingerprint density at radius 2 is 2.32 bits per heavy atom. The molecule has 1 aromatic rings. The van der Waals surface area contributed by atoms with E-state index in [0.717, 1.165) is 12.8 Å². The number of likely N-dealkylation sites (N-methyl/N-ethyl adjacent to an activating group) is 1. The molecule has 104 valence electrons. The predicted octanol–water partition coefficient (Wildman–Crippen LogP) is -0.923. The van der Waals surface area contributed by atoms with E-state index in [2.05, 4.69) is 15.6 Å². The van der Waals surface area contributed by atoms with E-state index in [-0.39, 0.29) is 37.4 Å². The number of aliphatic hydroxyl groups is 1. The number of nitrogens with zero attached hydrogens (tertiary/aromatic N) is 4. The van der Waals surface area contributed by atoms with Crippen LogP contribution in [0.3, 0.4) is 0 Å². The van der Waals surface area contributed by atoms with Gasteiger partial charge < -0.3 is 15.3 Å². The third kappa shape index (κ3) is 3.75. The fourth-order valence-electron chi connectivity index (χ4n) is 1.54. The van der Waals surface area contributed by atoms with E-state index in [1.54, 1.807) is 7.05 Å². The van der Waals surface area contributed by atoms with Crippen molar-refractivity contribution in [3.8, 4) is 0 Å². The first kappa shape index (κ1) is 13.5. The Morgan fingerprint density at radius 3 is 2.95 bits per heavy atom. The van der Waals surface area contributed by atoms with E-state index < -0.39 is 0 Å². The van der Waals surface area contributed by atoms with Crippen LogP contribution in [-0.4, -0.2) is 57.0 Å². The van der Waals surface area contributed by atoms with Crippen LogP contribution in [0.2, 0.25) is 0 Å². The summed E-state index contributed by atoms with van der Waals surface area (Å²) in [6.45, 7) is 0.226. The minimum absolute atomic E-state index is 0.0306. The van der Waals surface area contributed by atoms with Gasteiger partial charge in [0.05, 0.1) is 12.8 Å². The first-order valence-electron chi connectivity index (χ1n) is 6.16. The Morgan fingerprint density at radius 1 is 1.58 bits per heavy atom. The summed E-state index contributed by atoms with van der Waals surface area (Å²) >= 11 is 0. The number of rotatable bonds is 6. The Hall–Kier alpha value is -1.96. The van der Waals surface area contributed by atoms with E-state index in [1.165, 1.54) is 15.8 Å². The standard InChI is InChI=1S/C11H17N5O3/c1-15(4-5-17)10(18)7-16-6-9(13-14-16)12-11(19)8-2-3-8/h6,8,17H,2-5,7H2,1H3,(H,12,19). The van der Waals surface area contributed by atoms with Gasteiger partial charge in [-0.3, -0.25) is 9.59 Å². The summed E-state index contributed by atoms with van der Waals surface area (Å²) in [5, 5.41) is 18.9. The second kappa shape index (κ2) is 5.79. The van der Waals surface area contributed by atoms with Gasteiger partial charge in [-0.15, -0.1) is 5.10 Å². The van der Waals surface area contributed by atoms with Crippen molar-refractivity contribution in [3.63, 3.8) is 0 Å². The van der Waals surface area contributed by atoms with Crippen LogP contribution in [0.4, 0.5) is 5.82 Å². The zero-order valence-corrected chi connectivity index (χ0v) is 10.7. The second-order valence-electron chi connectivity index (χ2n) is 4.60. The number of hydrogen-bond acceptors (Lipinski definition) is 5. The molecule has 1 aliphatic carbocycles. The zero-order chi connectivity index (χ0) is 13.8. The topological polar surface area (TPSA) is 100 Å². The molecule has 2 N–H and O–H groups in total. The van der Waals surface area contributed by atoms with Crippen molar-refractivity contribution >= 4 is 17.6 Å².